The minimum absolute atomic E-state index is 0.0869. The summed E-state index contributed by atoms with van der Waals surface area (Å²) >= 11 is 6.02. The molecule has 1 fully saturated rings. The lowest BCUT2D eigenvalue weighted by molar-refractivity contribution is -0.189. The maximum absolute atomic E-state index is 12.8. The van der Waals surface area contributed by atoms with Gasteiger partial charge in [0.05, 0.1) is 11.1 Å². The van der Waals surface area contributed by atoms with Gasteiger partial charge in [-0.1, -0.05) is 11.6 Å². The topological polar surface area (TPSA) is 87.7 Å². The fourth-order valence-electron chi connectivity index (χ4n) is 4.61. The molecule has 0 radical (unpaired) electrons. The maximum Gasteiger partial charge on any atom is 0.491 e. The van der Waals surface area contributed by atoms with Crippen molar-refractivity contribution in [2.24, 2.45) is 5.92 Å². The monoisotopic (exact) mass is 487 g/mol. The number of nitrogens with one attached hydrogen (secondary N) is 1. The number of benzene rings is 1. The summed E-state index contributed by atoms with van der Waals surface area (Å²) in [6.45, 7) is 2.30. The van der Waals surface area contributed by atoms with Crippen LogP contribution in [-0.4, -0.2) is 58.7 Å². The van der Waals surface area contributed by atoms with Crippen LogP contribution in [0.4, 0.5) is 13.2 Å². The van der Waals surface area contributed by atoms with E-state index in [0.717, 1.165) is 56.1 Å². The fraction of sp³-hybridized carbons (Fsp3) is 0.545. The molecule has 1 saturated carbocycles. The molecular formula is C22H25ClF3N3O4. The number of phenols is 1. The summed E-state index contributed by atoms with van der Waals surface area (Å²) < 4.78 is 48.4. The Hall–Kier alpha value is -2.30. The minimum Gasteiger partial charge on any atom is -0.506 e. The lowest BCUT2D eigenvalue weighted by Crippen LogP contribution is -2.36. The summed E-state index contributed by atoms with van der Waals surface area (Å²) in [6, 6.07) is 2.16. The van der Waals surface area contributed by atoms with E-state index in [1.165, 1.54) is 6.07 Å². The molecule has 2 aliphatic rings. The number of hydrogen-bond donors (Lipinski definition) is 2. The Labute approximate surface area is 193 Å². The van der Waals surface area contributed by atoms with Gasteiger partial charge in [-0.15, -0.1) is 0 Å². The zero-order chi connectivity index (χ0) is 23.8. The lowest BCUT2D eigenvalue weighted by atomic mass is 9.86. The molecule has 2 heterocycles. The molecule has 2 N–H and O–H groups in total. The molecule has 11 heteroatoms. The number of H-pyrrole nitrogens is 1. The number of alkyl halides is 3. The van der Waals surface area contributed by atoms with Crippen LogP contribution in [0.25, 0.3) is 11.3 Å². The van der Waals surface area contributed by atoms with Gasteiger partial charge in [0.1, 0.15) is 17.2 Å². The molecule has 33 heavy (non-hydrogen) atoms. The van der Waals surface area contributed by atoms with Gasteiger partial charge in [0.2, 0.25) is 0 Å². The molecule has 1 aliphatic carbocycles. The molecule has 0 spiro atoms. The molecule has 2 aromatic rings. The van der Waals surface area contributed by atoms with E-state index in [1.807, 2.05) is 0 Å². The number of halogens is 4. The Kier molecular flexibility index (Phi) is 6.88. The Bertz CT molecular complexity index is 1020. The number of rotatable bonds is 5. The van der Waals surface area contributed by atoms with Crippen LogP contribution in [-0.2, 0) is 22.5 Å². The molecule has 0 bridgehead atoms. The number of hydrogen-bond acceptors (Lipinski definition) is 6. The SMILES string of the molecule is CO[C@H]1CC[C@H](CN2CCc3[nH]nc(-c4cc(Cl)c(O)cc4OC(=O)C(F)(F)F)c3C2)CC1. The van der Waals surface area contributed by atoms with Crippen molar-refractivity contribution in [3.8, 4) is 22.8 Å². The van der Waals surface area contributed by atoms with Crippen molar-refractivity contribution < 1.29 is 32.5 Å². The van der Waals surface area contributed by atoms with E-state index in [0.29, 0.717) is 30.7 Å². The van der Waals surface area contributed by atoms with Gasteiger partial charge in [-0.25, -0.2) is 4.79 Å². The van der Waals surface area contributed by atoms with E-state index in [2.05, 4.69) is 19.8 Å². The second-order valence-electron chi connectivity index (χ2n) is 8.58. The third kappa shape index (κ3) is 5.28. The van der Waals surface area contributed by atoms with Crippen molar-refractivity contribution >= 4 is 17.6 Å². The van der Waals surface area contributed by atoms with E-state index in [-0.39, 0.29) is 10.6 Å². The van der Waals surface area contributed by atoms with Crippen molar-refractivity contribution in [3.63, 3.8) is 0 Å². The molecular weight excluding hydrogens is 463 g/mol. The van der Waals surface area contributed by atoms with Crippen LogP contribution in [0.2, 0.25) is 5.02 Å². The van der Waals surface area contributed by atoms with E-state index in [1.54, 1.807) is 7.11 Å². The zero-order valence-corrected chi connectivity index (χ0v) is 18.8. The largest absolute Gasteiger partial charge is 0.506 e. The summed E-state index contributed by atoms with van der Waals surface area (Å²) in [5.74, 6) is -2.78. The van der Waals surface area contributed by atoms with Gasteiger partial charge in [0.15, 0.2) is 0 Å². The van der Waals surface area contributed by atoms with Crippen LogP contribution in [0.3, 0.4) is 0 Å². The minimum atomic E-state index is -5.18. The van der Waals surface area contributed by atoms with Gasteiger partial charge < -0.3 is 14.6 Å². The number of aromatic nitrogens is 2. The highest BCUT2D eigenvalue weighted by atomic mass is 35.5. The van der Waals surface area contributed by atoms with Crippen molar-refractivity contribution in [1.29, 1.82) is 0 Å². The highest BCUT2D eigenvalue weighted by molar-refractivity contribution is 6.32. The normalized spacial score (nSPS) is 21.6. The van der Waals surface area contributed by atoms with Gasteiger partial charge in [0.25, 0.3) is 0 Å². The zero-order valence-electron chi connectivity index (χ0n) is 18.0. The summed E-state index contributed by atoms with van der Waals surface area (Å²) in [7, 11) is 1.74. The number of esters is 1. The number of aromatic hydroxyl groups is 1. The summed E-state index contributed by atoms with van der Waals surface area (Å²) in [5.41, 5.74) is 2.15. The number of nitrogens with zero attached hydrogens (tertiary/aromatic N) is 2. The summed E-state index contributed by atoms with van der Waals surface area (Å²) in [5, 5.41) is 17.0. The number of methoxy groups -OCH3 is 1. The molecule has 1 aliphatic heterocycles. The first-order valence-corrected chi connectivity index (χ1v) is 11.2. The molecule has 0 atom stereocenters. The van der Waals surface area contributed by atoms with Crippen LogP contribution in [0.5, 0.6) is 11.5 Å². The quantitative estimate of drug-likeness (QED) is 0.478. The van der Waals surface area contributed by atoms with Crippen molar-refractivity contribution in [2.45, 2.75) is 50.9 Å². The average molecular weight is 488 g/mol. The van der Waals surface area contributed by atoms with Crippen LogP contribution < -0.4 is 4.74 Å². The smallest absolute Gasteiger partial charge is 0.491 e. The van der Waals surface area contributed by atoms with Gasteiger partial charge in [-0.2, -0.15) is 18.3 Å². The van der Waals surface area contributed by atoms with E-state index in [9.17, 15) is 23.1 Å². The molecule has 4 rings (SSSR count). The predicted octanol–water partition coefficient (Wildman–Crippen LogP) is 4.47. The van der Waals surface area contributed by atoms with Crippen molar-refractivity contribution in [3.05, 3.63) is 28.4 Å². The summed E-state index contributed by atoms with van der Waals surface area (Å²) in [6.07, 6.45) is 0.104. The van der Waals surface area contributed by atoms with Gasteiger partial charge >= 0.3 is 12.1 Å². The molecule has 180 valence electrons. The fourth-order valence-corrected chi connectivity index (χ4v) is 4.78. The Morgan fingerprint density at radius 1 is 1.30 bits per heavy atom. The standard InChI is InChI=1S/C22H25ClF3N3O4/c1-32-13-4-2-12(3-5-13)10-29-7-6-17-15(11-29)20(28-27-17)14-8-16(23)18(30)9-19(14)33-21(31)22(24,25)26/h8-9,12-13,30H,2-7,10-11H2,1H3,(H,27,28)/t12-,13-. The first kappa shape index (κ1) is 23.8. The van der Waals surface area contributed by atoms with E-state index < -0.39 is 23.6 Å². The van der Waals surface area contributed by atoms with Gasteiger partial charge in [0, 0.05) is 56.1 Å². The highest BCUT2D eigenvalue weighted by Gasteiger charge is 2.42. The van der Waals surface area contributed by atoms with Crippen LogP contribution in [0.1, 0.15) is 36.9 Å². The Morgan fingerprint density at radius 3 is 2.70 bits per heavy atom. The van der Waals surface area contributed by atoms with E-state index in [4.69, 9.17) is 16.3 Å². The van der Waals surface area contributed by atoms with Gasteiger partial charge in [-0.3, -0.25) is 10.00 Å². The molecule has 0 unspecified atom stereocenters. The predicted molar refractivity (Wildman–Crippen MR) is 114 cm³/mol. The number of ether oxygens (including phenoxy) is 2. The summed E-state index contributed by atoms with van der Waals surface area (Å²) in [4.78, 5) is 13.8. The highest BCUT2D eigenvalue weighted by Crippen LogP contribution is 2.41. The average Bonchev–Trinajstić information content (AvgIpc) is 3.19. The maximum atomic E-state index is 12.8. The van der Waals surface area contributed by atoms with Crippen molar-refractivity contribution in [1.82, 2.24) is 15.1 Å². The second kappa shape index (κ2) is 9.52. The molecule has 0 saturated heterocycles. The molecule has 1 aromatic carbocycles. The van der Waals surface area contributed by atoms with Crippen LogP contribution >= 0.6 is 11.6 Å². The number of phenolic OH excluding ortho intramolecular Hbond substituents is 1. The van der Waals surface area contributed by atoms with Crippen LogP contribution in [0.15, 0.2) is 12.1 Å². The first-order chi connectivity index (χ1) is 15.7. The Balaban J connectivity index is 1.57. The number of carbonyl (C=O) groups excluding carboxylic acids is 1. The van der Waals surface area contributed by atoms with Crippen LogP contribution in [0, 0.1) is 5.92 Å². The van der Waals surface area contributed by atoms with Gasteiger partial charge in [-0.05, 0) is 37.7 Å². The van der Waals surface area contributed by atoms with E-state index >= 15 is 0 Å². The Morgan fingerprint density at radius 2 is 2.03 bits per heavy atom. The number of fused-ring (bicyclic) bond motifs is 1. The third-order valence-corrected chi connectivity index (χ3v) is 6.70. The number of carbonyl (C=O) groups is 1. The first-order valence-electron chi connectivity index (χ1n) is 10.8. The molecule has 7 nitrogen and oxygen atoms in total. The molecule has 0 amide bonds. The van der Waals surface area contributed by atoms with Crippen molar-refractivity contribution in [2.75, 3.05) is 20.2 Å². The number of aromatic amines is 1. The second-order valence-corrected chi connectivity index (χ2v) is 8.99. The molecule has 1 aromatic heterocycles. The lowest BCUT2D eigenvalue weighted by Gasteiger charge is -2.34. The third-order valence-electron chi connectivity index (χ3n) is 6.39.